The van der Waals surface area contributed by atoms with Crippen molar-refractivity contribution in [3.8, 4) is 0 Å². The number of imide groups is 1. The molecule has 0 aromatic heterocycles. The van der Waals surface area contributed by atoms with Crippen LogP contribution >= 0.6 is 0 Å². The lowest BCUT2D eigenvalue weighted by Crippen LogP contribution is -2.51. The molecule has 1 aliphatic heterocycles. The number of carboxylic acids is 1. The van der Waals surface area contributed by atoms with Crippen LogP contribution in [0.5, 0.6) is 0 Å². The minimum atomic E-state index is -1.40. The van der Waals surface area contributed by atoms with E-state index in [-0.39, 0.29) is 29.0 Å². The number of aliphatic carboxylic acids is 1. The summed E-state index contributed by atoms with van der Waals surface area (Å²) >= 11 is 0. The van der Waals surface area contributed by atoms with Gasteiger partial charge in [0.1, 0.15) is 5.54 Å². The Bertz CT molecular complexity index is 743. The van der Waals surface area contributed by atoms with Crippen LogP contribution in [0, 0.1) is 0 Å². The third kappa shape index (κ3) is 3.40. The van der Waals surface area contributed by atoms with Gasteiger partial charge in [-0.05, 0) is 38.0 Å². The summed E-state index contributed by atoms with van der Waals surface area (Å²) < 4.78 is 0. The highest BCUT2D eigenvalue weighted by atomic mass is 16.4. The maximum atomic E-state index is 12.4. The van der Waals surface area contributed by atoms with Crippen molar-refractivity contribution in [1.82, 2.24) is 10.2 Å². The van der Waals surface area contributed by atoms with Gasteiger partial charge in [0.2, 0.25) is 0 Å². The van der Waals surface area contributed by atoms with Gasteiger partial charge in [-0.15, -0.1) is 0 Å². The van der Waals surface area contributed by atoms with Crippen LogP contribution in [-0.4, -0.2) is 45.8 Å². The molecule has 0 fully saturated rings. The van der Waals surface area contributed by atoms with Crippen LogP contribution in [0.15, 0.2) is 18.2 Å². The van der Waals surface area contributed by atoms with Crippen molar-refractivity contribution in [1.29, 1.82) is 0 Å². The van der Waals surface area contributed by atoms with E-state index in [1.165, 1.54) is 30.0 Å². The Morgan fingerprint density at radius 2 is 1.80 bits per heavy atom. The molecule has 0 spiro atoms. The largest absolute Gasteiger partial charge is 0.480 e. The molecule has 1 atom stereocenters. The second-order valence-electron chi connectivity index (χ2n) is 6.32. The summed E-state index contributed by atoms with van der Waals surface area (Å²) in [6.07, 6.45) is 1.78. The molecule has 1 aliphatic rings. The third-order valence-electron chi connectivity index (χ3n) is 4.54. The highest BCUT2D eigenvalue weighted by molar-refractivity contribution is 6.22. The van der Waals surface area contributed by atoms with E-state index in [4.69, 9.17) is 0 Å². The zero-order chi connectivity index (χ0) is 18.8. The third-order valence-corrected chi connectivity index (χ3v) is 4.54. The molecule has 0 aliphatic carbocycles. The summed E-state index contributed by atoms with van der Waals surface area (Å²) in [5.41, 5.74) is -0.794. The van der Waals surface area contributed by atoms with E-state index in [2.05, 4.69) is 5.32 Å². The molecule has 0 saturated heterocycles. The molecule has 7 heteroatoms. The summed E-state index contributed by atoms with van der Waals surface area (Å²) in [6.45, 7) is 5.39. The van der Waals surface area contributed by atoms with Crippen LogP contribution in [0.3, 0.4) is 0 Å². The Hall–Kier alpha value is -2.70. The Kier molecular flexibility index (Phi) is 5.25. The van der Waals surface area contributed by atoms with Crippen molar-refractivity contribution >= 4 is 23.7 Å². The SMILES string of the molecule is CCCCN1C(=O)c2ccc(C(=O)NC(C)(CC)C(=O)O)cc2C1=O. The molecule has 1 heterocycles. The van der Waals surface area contributed by atoms with Crippen molar-refractivity contribution in [2.75, 3.05) is 6.54 Å². The number of benzene rings is 1. The first-order chi connectivity index (χ1) is 11.7. The van der Waals surface area contributed by atoms with Gasteiger partial charge in [-0.1, -0.05) is 20.3 Å². The number of nitrogens with zero attached hydrogens (tertiary/aromatic N) is 1. The van der Waals surface area contributed by atoms with Crippen LogP contribution in [0.2, 0.25) is 0 Å². The summed E-state index contributed by atoms with van der Waals surface area (Å²) in [4.78, 5) is 49.6. The lowest BCUT2D eigenvalue weighted by molar-refractivity contribution is -0.143. The average Bonchev–Trinajstić information content (AvgIpc) is 2.83. The molecule has 134 valence electrons. The first-order valence-corrected chi connectivity index (χ1v) is 8.31. The fraction of sp³-hybridized carbons (Fsp3) is 0.444. The molecule has 1 unspecified atom stereocenters. The van der Waals surface area contributed by atoms with Gasteiger partial charge in [-0.25, -0.2) is 4.79 Å². The molecule has 25 heavy (non-hydrogen) atoms. The van der Waals surface area contributed by atoms with E-state index in [0.29, 0.717) is 13.0 Å². The van der Waals surface area contributed by atoms with Crippen molar-refractivity contribution in [2.45, 2.75) is 45.6 Å². The molecule has 3 amide bonds. The van der Waals surface area contributed by atoms with E-state index >= 15 is 0 Å². The minimum Gasteiger partial charge on any atom is -0.480 e. The van der Waals surface area contributed by atoms with Gasteiger partial charge in [0.15, 0.2) is 0 Å². The highest BCUT2D eigenvalue weighted by Crippen LogP contribution is 2.25. The van der Waals surface area contributed by atoms with Crippen LogP contribution in [-0.2, 0) is 4.79 Å². The van der Waals surface area contributed by atoms with Crippen molar-refractivity contribution < 1.29 is 24.3 Å². The topological polar surface area (TPSA) is 104 Å². The summed E-state index contributed by atoms with van der Waals surface area (Å²) in [5.74, 6) is -2.51. The Labute approximate surface area is 146 Å². The molecule has 1 aromatic rings. The summed E-state index contributed by atoms with van der Waals surface area (Å²) in [6, 6.07) is 4.23. The number of unbranched alkanes of at least 4 members (excludes halogenated alkanes) is 1. The highest BCUT2D eigenvalue weighted by Gasteiger charge is 2.37. The summed E-state index contributed by atoms with van der Waals surface area (Å²) in [7, 11) is 0. The number of amides is 3. The van der Waals surface area contributed by atoms with Crippen LogP contribution in [0.4, 0.5) is 0 Å². The quantitative estimate of drug-likeness (QED) is 0.736. The van der Waals surface area contributed by atoms with Gasteiger partial charge in [0.05, 0.1) is 11.1 Å². The number of rotatable bonds is 7. The van der Waals surface area contributed by atoms with Gasteiger partial charge in [-0.2, -0.15) is 0 Å². The lowest BCUT2D eigenvalue weighted by Gasteiger charge is -2.24. The van der Waals surface area contributed by atoms with E-state index in [0.717, 1.165) is 6.42 Å². The molecule has 0 radical (unpaired) electrons. The Morgan fingerprint density at radius 1 is 1.16 bits per heavy atom. The standard InChI is InChI=1S/C18H22N2O5/c1-4-6-9-20-15(22)12-8-7-11(10-13(12)16(20)23)14(21)19-18(3,5-2)17(24)25/h7-8,10H,4-6,9H2,1-3H3,(H,19,21)(H,24,25). The molecule has 0 saturated carbocycles. The van der Waals surface area contributed by atoms with Crippen LogP contribution < -0.4 is 5.32 Å². The Balaban J connectivity index is 2.27. The smallest absolute Gasteiger partial charge is 0.329 e. The number of fused-ring (bicyclic) bond motifs is 1. The zero-order valence-electron chi connectivity index (χ0n) is 14.6. The monoisotopic (exact) mass is 346 g/mol. The lowest BCUT2D eigenvalue weighted by atomic mass is 9.98. The van der Waals surface area contributed by atoms with Gasteiger partial charge < -0.3 is 10.4 Å². The number of carbonyl (C=O) groups excluding carboxylic acids is 3. The Morgan fingerprint density at radius 3 is 2.36 bits per heavy atom. The maximum absolute atomic E-state index is 12.4. The second kappa shape index (κ2) is 7.04. The predicted octanol–water partition coefficient (Wildman–Crippen LogP) is 2.07. The first-order valence-electron chi connectivity index (χ1n) is 8.31. The van der Waals surface area contributed by atoms with Crippen molar-refractivity contribution in [2.24, 2.45) is 0 Å². The first kappa shape index (κ1) is 18.6. The van der Waals surface area contributed by atoms with Gasteiger partial charge in [0.25, 0.3) is 17.7 Å². The molecular formula is C18H22N2O5. The van der Waals surface area contributed by atoms with E-state index in [9.17, 15) is 24.3 Å². The molecule has 7 nitrogen and oxygen atoms in total. The normalized spacial score (nSPS) is 15.7. The van der Waals surface area contributed by atoms with E-state index in [1.54, 1.807) is 6.92 Å². The number of carbonyl (C=O) groups is 4. The van der Waals surface area contributed by atoms with Gasteiger partial charge in [-0.3, -0.25) is 19.3 Å². The summed E-state index contributed by atoms with van der Waals surface area (Å²) in [5, 5.41) is 11.7. The molecular weight excluding hydrogens is 324 g/mol. The molecule has 2 rings (SSSR count). The number of carboxylic acid groups (broad SMARTS) is 1. The van der Waals surface area contributed by atoms with Gasteiger partial charge in [0, 0.05) is 12.1 Å². The molecule has 1 aromatic carbocycles. The maximum Gasteiger partial charge on any atom is 0.329 e. The second-order valence-corrected chi connectivity index (χ2v) is 6.32. The number of hydrogen-bond acceptors (Lipinski definition) is 4. The average molecular weight is 346 g/mol. The van der Waals surface area contributed by atoms with E-state index < -0.39 is 23.3 Å². The predicted molar refractivity (Wildman–Crippen MR) is 90.5 cm³/mol. The fourth-order valence-electron chi connectivity index (χ4n) is 2.57. The van der Waals surface area contributed by atoms with E-state index in [1.807, 2.05) is 6.92 Å². The van der Waals surface area contributed by atoms with Crippen LogP contribution in [0.25, 0.3) is 0 Å². The fourth-order valence-corrected chi connectivity index (χ4v) is 2.57. The van der Waals surface area contributed by atoms with Crippen LogP contribution in [0.1, 0.15) is 71.1 Å². The zero-order valence-corrected chi connectivity index (χ0v) is 14.6. The van der Waals surface area contributed by atoms with Crippen molar-refractivity contribution in [3.63, 3.8) is 0 Å². The van der Waals surface area contributed by atoms with Gasteiger partial charge >= 0.3 is 5.97 Å². The minimum absolute atomic E-state index is 0.151. The number of nitrogens with one attached hydrogen (secondary N) is 1. The molecule has 2 N–H and O–H groups in total. The molecule has 0 bridgehead atoms. The van der Waals surface area contributed by atoms with Crippen molar-refractivity contribution in [3.05, 3.63) is 34.9 Å². The number of hydrogen-bond donors (Lipinski definition) is 2.